The summed E-state index contributed by atoms with van der Waals surface area (Å²) in [4.78, 5) is 30.3. The summed E-state index contributed by atoms with van der Waals surface area (Å²) >= 11 is 0. The molecule has 6 nitrogen and oxygen atoms in total. The molecule has 0 spiro atoms. The minimum atomic E-state index is -0.264. The zero-order valence-electron chi connectivity index (χ0n) is 14.4. The molecule has 0 aliphatic carbocycles. The third kappa shape index (κ3) is 3.18. The summed E-state index contributed by atoms with van der Waals surface area (Å²) < 4.78 is 5.43. The Morgan fingerprint density at radius 3 is 2.46 bits per heavy atom. The van der Waals surface area contributed by atoms with E-state index in [4.69, 9.17) is 4.74 Å². The summed E-state index contributed by atoms with van der Waals surface area (Å²) in [5, 5.41) is 0. The molecule has 0 unspecified atom stereocenters. The van der Waals surface area contributed by atoms with Crippen LogP contribution in [0.4, 0.5) is 5.69 Å². The number of piperazine rings is 1. The van der Waals surface area contributed by atoms with Crippen LogP contribution >= 0.6 is 0 Å². The molecule has 0 saturated carbocycles. The van der Waals surface area contributed by atoms with Gasteiger partial charge in [0.2, 0.25) is 11.8 Å². The molecular weight excluding hydrogens is 306 g/mol. The predicted octanol–water partition coefficient (Wildman–Crippen LogP) is 1.35. The number of anilines is 1. The molecule has 0 aromatic heterocycles. The van der Waals surface area contributed by atoms with Gasteiger partial charge in [0.25, 0.3) is 0 Å². The molecule has 1 atom stereocenters. The van der Waals surface area contributed by atoms with E-state index >= 15 is 0 Å². The van der Waals surface area contributed by atoms with E-state index in [1.165, 1.54) is 0 Å². The van der Waals surface area contributed by atoms with Gasteiger partial charge in [-0.25, -0.2) is 0 Å². The summed E-state index contributed by atoms with van der Waals surface area (Å²) in [7, 11) is 1.68. The van der Waals surface area contributed by atoms with Crippen LogP contribution in [0.1, 0.15) is 19.8 Å². The molecule has 0 radical (unpaired) electrons. The Morgan fingerprint density at radius 2 is 1.79 bits per heavy atom. The van der Waals surface area contributed by atoms with Crippen molar-refractivity contribution in [1.82, 2.24) is 9.80 Å². The first kappa shape index (κ1) is 16.6. The highest BCUT2D eigenvalue weighted by Gasteiger charge is 2.36. The van der Waals surface area contributed by atoms with E-state index in [-0.39, 0.29) is 17.9 Å². The summed E-state index contributed by atoms with van der Waals surface area (Å²) in [6.45, 7) is 5.16. The molecule has 1 aromatic rings. The van der Waals surface area contributed by atoms with Crippen molar-refractivity contribution in [2.24, 2.45) is 0 Å². The monoisotopic (exact) mass is 331 g/mol. The Kier molecular flexibility index (Phi) is 4.92. The van der Waals surface area contributed by atoms with Gasteiger partial charge in [0.05, 0.1) is 12.8 Å². The van der Waals surface area contributed by atoms with Crippen molar-refractivity contribution in [2.45, 2.75) is 25.8 Å². The SMILES string of the molecule is COc1ccccc1N1CCN(C(=O)[C@H]2CCCN2C(C)=O)CC1. The van der Waals surface area contributed by atoms with Gasteiger partial charge in [-0.3, -0.25) is 9.59 Å². The zero-order valence-corrected chi connectivity index (χ0v) is 14.4. The number of likely N-dealkylation sites (tertiary alicyclic amines) is 1. The summed E-state index contributed by atoms with van der Waals surface area (Å²) in [5.41, 5.74) is 1.07. The van der Waals surface area contributed by atoms with Gasteiger partial charge < -0.3 is 19.4 Å². The van der Waals surface area contributed by atoms with Crippen molar-refractivity contribution in [3.05, 3.63) is 24.3 Å². The molecule has 2 aliphatic rings. The minimum absolute atomic E-state index is 0.00138. The molecule has 2 amide bonds. The molecule has 6 heteroatoms. The average Bonchev–Trinajstić information content (AvgIpc) is 3.11. The van der Waals surface area contributed by atoms with E-state index in [1.54, 1.807) is 18.9 Å². The van der Waals surface area contributed by atoms with Crippen LogP contribution in [0.25, 0.3) is 0 Å². The Morgan fingerprint density at radius 1 is 1.08 bits per heavy atom. The Labute approximate surface area is 143 Å². The zero-order chi connectivity index (χ0) is 17.1. The lowest BCUT2D eigenvalue weighted by molar-refractivity contribution is -0.143. The van der Waals surface area contributed by atoms with Gasteiger partial charge >= 0.3 is 0 Å². The van der Waals surface area contributed by atoms with E-state index in [0.29, 0.717) is 19.6 Å². The minimum Gasteiger partial charge on any atom is -0.495 e. The highest BCUT2D eigenvalue weighted by Crippen LogP contribution is 2.29. The van der Waals surface area contributed by atoms with Crippen LogP contribution < -0.4 is 9.64 Å². The van der Waals surface area contributed by atoms with Crippen LogP contribution in [0, 0.1) is 0 Å². The lowest BCUT2D eigenvalue weighted by atomic mass is 10.1. The second kappa shape index (κ2) is 7.11. The van der Waals surface area contributed by atoms with Crippen molar-refractivity contribution in [1.29, 1.82) is 0 Å². The number of methoxy groups -OCH3 is 1. The summed E-state index contributed by atoms with van der Waals surface area (Å²) in [6.07, 6.45) is 1.70. The van der Waals surface area contributed by atoms with Gasteiger partial charge in [0, 0.05) is 39.6 Å². The molecule has 24 heavy (non-hydrogen) atoms. The first-order chi connectivity index (χ1) is 11.6. The van der Waals surface area contributed by atoms with Crippen LogP contribution in [0.5, 0.6) is 5.75 Å². The van der Waals surface area contributed by atoms with Crippen molar-refractivity contribution in [3.8, 4) is 5.75 Å². The number of ether oxygens (including phenoxy) is 1. The fourth-order valence-electron chi connectivity index (χ4n) is 3.67. The molecular formula is C18H25N3O3. The highest BCUT2D eigenvalue weighted by atomic mass is 16.5. The smallest absolute Gasteiger partial charge is 0.245 e. The van der Waals surface area contributed by atoms with Gasteiger partial charge in [0.1, 0.15) is 11.8 Å². The van der Waals surface area contributed by atoms with Gasteiger partial charge in [-0.2, -0.15) is 0 Å². The average molecular weight is 331 g/mol. The number of nitrogens with zero attached hydrogens (tertiary/aromatic N) is 3. The van der Waals surface area contributed by atoms with Crippen LogP contribution in [0.2, 0.25) is 0 Å². The first-order valence-electron chi connectivity index (χ1n) is 8.56. The lowest BCUT2D eigenvalue weighted by Crippen LogP contribution is -2.54. The maximum atomic E-state index is 12.8. The van der Waals surface area contributed by atoms with Crippen molar-refractivity contribution >= 4 is 17.5 Å². The summed E-state index contributed by atoms with van der Waals surface area (Å²) in [5.74, 6) is 0.955. The van der Waals surface area contributed by atoms with Gasteiger partial charge in [-0.15, -0.1) is 0 Å². The third-order valence-corrected chi connectivity index (χ3v) is 4.96. The lowest BCUT2D eigenvalue weighted by Gasteiger charge is -2.38. The van der Waals surface area contributed by atoms with Crippen LogP contribution in [-0.4, -0.2) is 67.5 Å². The van der Waals surface area contributed by atoms with Crippen LogP contribution in [0.15, 0.2) is 24.3 Å². The number of hydrogen-bond acceptors (Lipinski definition) is 4. The topological polar surface area (TPSA) is 53.1 Å². The van der Waals surface area contributed by atoms with Gasteiger partial charge in [-0.1, -0.05) is 12.1 Å². The fraction of sp³-hybridized carbons (Fsp3) is 0.556. The van der Waals surface area contributed by atoms with Gasteiger partial charge in [0.15, 0.2) is 0 Å². The Balaban J connectivity index is 1.62. The molecule has 2 saturated heterocycles. The molecule has 0 bridgehead atoms. The standard InChI is InChI=1S/C18H25N3O3/c1-14(22)21-9-5-7-16(21)18(23)20-12-10-19(11-13-20)15-6-3-4-8-17(15)24-2/h3-4,6,8,16H,5,7,9-13H2,1-2H3/t16-/m1/s1. The van der Waals surface area contributed by atoms with Crippen molar-refractivity contribution < 1.29 is 14.3 Å². The first-order valence-corrected chi connectivity index (χ1v) is 8.56. The maximum Gasteiger partial charge on any atom is 0.245 e. The van der Waals surface area contributed by atoms with E-state index in [0.717, 1.165) is 37.4 Å². The van der Waals surface area contributed by atoms with E-state index in [9.17, 15) is 9.59 Å². The fourth-order valence-corrected chi connectivity index (χ4v) is 3.67. The number of amides is 2. The van der Waals surface area contributed by atoms with Crippen LogP contribution in [0.3, 0.4) is 0 Å². The number of para-hydroxylation sites is 2. The molecule has 2 aliphatic heterocycles. The van der Waals surface area contributed by atoms with Crippen LogP contribution in [-0.2, 0) is 9.59 Å². The number of carbonyl (C=O) groups excluding carboxylic acids is 2. The molecule has 0 N–H and O–H groups in total. The van der Waals surface area contributed by atoms with Gasteiger partial charge in [-0.05, 0) is 25.0 Å². The van der Waals surface area contributed by atoms with Crippen molar-refractivity contribution in [2.75, 3.05) is 44.7 Å². The normalized spacial score (nSPS) is 21.1. The van der Waals surface area contributed by atoms with E-state index in [1.807, 2.05) is 29.2 Å². The molecule has 2 heterocycles. The molecule has 1 aromatic carbocycles. The number of hydrogen-bond donors (Lipinski definition) is 0. The molecule has 2 fully saturated rings. The quantitative estimate of drug-likeness (QED) is 0.839. The highest BCUT2D eigenvalue weighted by molar-refractivity contribution is 5.87. The number of carbonyl (C=O) groups is 2. The predicted molar refractivity (Wildman–Crippen MR) is 92.2 cm³/mol. The van der Waals surface area contributed by atoms with E-state index < -0.39 is 0 Å². The second-order valence-electron chi connectivity index (χ2n) is 6.35. The molecule has 130 valence electrons. The van der Waals surface area contributed by atoms with Crippen molar-refractivity contribution in [3.63, 3.8) is 0 Å². The summed E-state index contributed by atoms with van der Waals surface area (Å²) in [6, 6.07) is 7.69. The number of rotatable bonds is 3. The molecule has 3 rings (SSSR count). The van der Waals surface area contributed by atoms with E-state index in [2.05, 4.69) is 4.90 Å². The maximum absolute atomic E-state index is 12.8. The largest absolute Gasteiger partial charge is 0.495 e. The Hall–Kier alpha value is -2.24. The second-order valence-corrected chi connectivity index (χ2v) is 6.35. The third-order valence-electron chi connectivity index (χ3n) is 4.96. The Bertz CT molecular complexity index is 611. The number of benzene rings is 1.